The van der Waals surface area contributed by atoms with E-state index in [9.17, 15) is 0 Å². The summed E-state index contributed by atoms with van der Waals surface area (Å²) in [5.41, 5.74) is 2.98. The molecule has 1 heterocycles. The van der Waals surface area contributed by atoms with E-state index in [0.29, 0.717) is 0 Å². The van der Waals surface area contributed by atoms with Gasteiger partial charge < -0.3 is 10.2 Å². The van der Waals surface area contributed by atoms with Crippen LogP contribution in [0, 0.1) is 11.3 Å². The topological polar surface area (TPSA) is 39.1 Å². The zero-order valence-corrected chi connectivity index (χ0v) is 8.25. The molecule has 1 N–H and O–H groups in total. The van der Waals surface area contributed by atoms with Crippen LogP contribution >= 0.6 is 0 Å². The van der Waals surface area contributed by atoms with Gasteiger partial charge in [0.2, 0.25) is 0 Å². The van der Waals surface area contributed by atoms with Crippen molar-refractivity contribution in [1.82, 2.24) is 0 Å². The largest absolute Gasteiger partial charge is 0.383 e. The molecule has 3 heteroatoms. The number of nitrogens with one attached hydrogen (secondary N) is 1. The van der Waals surface area contributed by atoms with E-state index >= 15 is 0 Å². The third kappa shape index (κ3) is 1.51. The van der Waals surface area contributed by atoms with Gasteiger partial charge in [-0.1, -0.05) is 0 Å². The van der Waals surface area contributed by atoms with Crippen LogP contribution in [0.25, 0.3) is 0 Å². The molecule has 0 saturated carbocycles. The second-order valence-electron chi connectivity index (χ2n) is 3.55. The first kappa shape index (κ1) is 8.89. The first-order chi connectivity index (χ1) is 6.81. The highest BCUT2D eigenvalue weighted by molar-refractivity contribution is 5.72. The Morgan fingerprint density at radius 1 is 1.50 bits per heavy atom. The van der Waals surface area contributed by atoms with Crippen molar-refractivity contribution >= 4 is 11.4 Å². The number of nitriles is 1. The van der Waals surface area contributed by atoms with Crippen LogP contribution in [0.2, 0.25) is 0 Å². The average molecular weight is 187 g/mol. The van der Waals surface area contributed by atoms with Crippen molar-refractivity contribution in [2.45, 2.75) is 6.42 Å². The first-order valence-electron chi connectivity index (χ1n) is 4.80. The van der Waals surface area contributed by atoms with Crippen molar-refractivity contribution in [3.8, 4) is 6.07 Å². The van der Waals surface area contributed by atoms with E-state index in [4.69, 9.17) is 5.26 Å². The molecule has 0 spiro atoms. The SMILES string of the molecule is CN1CCCNc2ccc(C#N)cc21. The molecule has 0 radical (unpaired) electrons. The van der Waals surface area contributed by atoms with Gasteiger partial charge in [0.1, 0.15) is 0 Å². The van der Waals surface area contributed by atoms with E-state index in [0.717, 1.165) is 36.4 Å². The van der Waals surface area contributed by atoms with Gasteiger partial charge in [-0.15, -0.1) is 0 Å². The van der Waals surface area contributed by atoms with E-state index in [1.807, 2.05) is 18.2 Å². The van der Waals surface area contributed by atoms with E-state index < -0.39 is 0 Å². The summed E-state index contributed by atoms with van der Waals surface area (Å²) in [6, 6.07) is 7.94. The van der Waals surface area contributed by atoms with Gasteiger partial charge in [0.05, 0.1) is 23.0 Å². The molecule has 1 aliphatic heterocycles. The molecule has 0 bridgehead atoms. The highest BCUT2D eigenvalue weighted by Gasteiger charge is 2.11. The van der Waals surface area contributed by atoms with Crippen LogP contribution in [0.15, 0.2) is 18.2 Å². The number of fused-ring (bicyclic) bond motifs is 1. The normalized spacial score (nSPS) is 15.0. The van der Waals surface area contributed by atoms with Crippen LogP contribution in [0.5, 0.6) is 0 Å². The van der Waals surface area contributed by atoms with Crippen LogP contribution in [0.3, 0.4) is 0 Å². The molecule has 0 aromatic heterocycles. The van der Waals surface area contributed by atoms with Crippen LogP contribution in [0.1, 0.15) is 12.0 Å². The van der Waals surface area contributed by atoms with Gasteiger partial charge in [-0.25, -0.2) is 0 Å². The molecule has 0 aliphatic carbocycles. The lowest BCUT2D eigenvalue weighted by Crippen LogP contribution is -2.17. The highest BCUT2D eigenvalue weighted by Crippen LogP contribution is 2.28. The number of rotatable bonds is 0. The predicted octanol–water partition coefficient (Wildman–Crippen LogP) is 1.81. The second-order valence-corrected chi connectivity index (χ2v) is 3.55. The quantitative estimate of drug-likeness (QED) is 0.673. The molecule has 1 aromatic rings. The summed E-state index contributed by atoms with van der Waals surface area (Å²) >= 11 is 0. The van der Waals surface area contributed by atoms with Gasteiger partial charge in [-0.2, -0.15) is 5.26 Å². The third-order valence-corrected chi connectivity index (χ3v) is 2.52. The Kier molecular flexibility index (Phi) is 2.28. The van der Waals surface area contributed by atoms with Crippen LogP contribution < -0.4 is 10.2 Å². The smallest absolute Gasteiger partial charge is 0.0992 e. The number of hydrogen-bond donors (Lipinski definition) is 1. The van der Waals surface area contributed by atoms with Gasteiger partial charge in [0, 0.05) is 20.1 Å². The molecule has 3 nitrogen and oxygen atoms in total. The number of anilines is 2. The van der Waals surface area contributed by atoms with Gasteiger partial charge in [-0.05, 0) is 24.6 Å². The number of benzene rings is 1. The maximum Gasteiger partial charge on any atom is 0.0992 e. The standard InChI is InChI=1S/C11H13N3/c1-14-6-2-5-13-10-4-3-9(8-12)7-11(10)14/h3-4,7,13H,2,5-6H2,1H3. The van der Waals surface area contributed by atoms with Gasteiger partial charge in [0.15, 0.2) is 0 Å². The highest BCUT2D eigenvalue weighted by atomic mass is 15.1. The minimum Gasteiger partial charge on any atom is -0.383 e. The fourth-order valence-electron chi connectivity index (χ4n) is 1.73. The molecule has 2 rings (SSSR count). The molecular formula is C11H13N3. The van der Waals surface area contributed by atoms with Crippen LogP contribution in [-0.2, 0) is 0 Å². The fourth-order valence-corrected chi connectivity index (χ4v) is 1.73. The van der Waals surface area contributed by atoms with E-state index in [2.05, 4.69) is 23.3 Å². The Hall–Kier alpha value is -1.69. The van der Waals surface area contributed by atoms with Crippen LogP contribution in [-0.4, -0.2) is 20.1 Å². The summed E-state index contributed by atoms with van der Waals surface area (Å²) in [6.07, 6.45) is 1.13. The maximum absolute atomic E-state index is 8.81. The van der Waals surface area contributed by atoms with Gasteiger partial charge >= 0.3 is 0 Å². The monoisotopic (exact) mass is 187 g/mol. The third-order valence-electron chi connectivity index (χ3n) is 2.52. The van der Waals surface area contributed by atoms with Crippen molar-refractivity contribution in [1.29, 1.82) is 5.26 Å². The predicted molar refractivity (Wildman–Crippen MR) is 57.5 cm³/mol. The lowest BCUT2D eigenvalue weighted by atomic mass is 10.2. The maximum atomic E-state index is 8.81. The van der Waals surface area contributed by atoms with Crippen molar-refractivity contribution in [2.24, 2.45) is 0 Å². The molecular weight excluding hydrogens is 174 g/mol. The molecule has 14 heavy (non-hydrogen) atoms. The minimum atomic E-state index is 0.722. The molecule has 1 aliphatic rings. The van der Waals surface area contributed by atoms with Crippen molar-refractivity contribution in [2.75, 3.05) is 30.4 Å². The minimum absolute atomic E-state index is 0.722. The summed E-state index contributed by atoms with van der Waals surface area (Å²) in [5, 5.41) is 12.2. The summed E-state index contributed by atoms with van der Waals surface area (Å²) in [7, 11) is 2.06. The molecule has 0 unspecified atom stereocenters. The summed E-state index contributed by atoms with van der Waals surface area (Å²) in [6.45, 7) is 2.04. The molecule has 1 aromatic carbocycles. The molecule has 0 saturated heterocycles. The summed E-state index contributed by atoms with van der Waals surface area (Å²) in [4.78, 5) is 2.19. The second kappa shape index (κ2) is 3.59. The molecule has 0 fully saturated rings. The Morgan fingerprint density at radius 2 is 2.36 bits per heavy atom. The van der Waals surface area contributed by atoms with E-state index in [1.54, 1.807) is 0 Å². The zero-order valence-electron chi connectivity index (χ0n) is 8.25. The summed E-state index contributed by atoms with van der Waals surface area (Å²) in [5.74, 6) is 0. The Labute approximate surface area is 84.0 Å². The molecule has 0 atom stereocenters. The Morgan fingerprint density at radius 3 is 3.14 bits per heavy atom. The lowest BCUT2D eigenvalue weighted by Gasteiger charge is -2.18. The van der Waals surface area contributed by atoms with E-state index in [-0.39, 0.29) is 0 Å². The van der Waals surface area contributed by atoms with Crippen molar-refractivity contribution in [3.05, 3.63) is 23.8 Å². The first-order valence-corrected chi connectivity index (χ1v) is 4.80. The van der Waals surface area contributed by atoms with Crippen molar-refractivity contribution in [3.63, 3.8) is 0 Å². The summed E-state index contributed by atoms with van der Waals surface area (Å²) < 4.78 is 0. The van der Waals surface area contributed by atoms with Gasteiger partial charge in [0.25, 0.3) is 0 Å². The zero-order chi connectivity index (χ0) is 9.97. The van der Waals surface area contributed by atoms with Crippen LogP contribution in [0.4, 0.5) is 11.4 Å². The van der Waals surface area contributed by atoms with E-state index in [1.165, 1.54) is 0 Å². The molecule has 72 valence electrons. The lowest BCUT2D eigenvalue weighted by molar-refractivity contribution is 0.837. The number of hydrogen-bond acceptors (Lipinski definition) is 3. The number of nitrogens with zero attached hydrogens (tertiary/aromatic N) is 2. The Bertz CT molecular complexity index is 379. The average Bonchev–Trinajstić information content (AvgIpc) is 2.40. The molecule has 0 amide bonds. The van der Waals surface area contributed by atoms with Gasteiger partial charge in [-0.3, -0.25) is 0 Å². The van der Waals surface area contributed by atoms with Crippen molar-refractivity contribution < 1.29 is 0 Å². The fraction of sp³-hybridized carbons (Fsp3) is 0.364. The Balaban J connectivity index is 2.45.